The van der Waals surface area contributed by atoms with Crippen molar-refractivity contribution in [3.8, 4) is 0 Å². The van der Waals surface area contributed by atoms with Crippen LogP contribution in [0, 0.1) is 0 Å². The molecule has 0 radical (unpaired) electrons. The van der Waals surface area contributed by atoms with E-state index in [1.165, 1.54) is 0 Å². The maximum atomic E-state index is 10.9. The maximum absolute atomic E-state index is 10.9. The third-order valence-electron chi connectivity index (χ3n) is 1.04. The molecule has 0 spiro atoms. The van der Waals surface area contributed by atoms with Gasteiger partial charge >= 0.3 is 11.9 Å². The lowest BCUT2D eigenvalue weighted by molar-refractivity contribution is 0.0470. The first-order valence-corrected chi connectivity index (χ1v) is 3.87. The van der Waals surface area contributed by atoms with E-state index in [0.717, 1.165) is 0 Å². The van der Waals surface area contributed by atoms with Crippen molar-refractivity contribution < 1.29 is 14.1 Å². The molecule has 0 aliphatic heterocycles. The lowest BCUT2D eigenvalue weighted by Crippen LogP contribution is -2.04. The average molecular weight is 191 g/mol. The van der Waals surface area contributed by atoms with Gasteiger partial charge in [0.1, 0.15) is 0 Å². The summed E-state index contributed by atoms with van der Waals surface area (Å²) in [5.74, 6) is -0.392. The number of hydrogen-bond donors (Lipinski definition) is 0. The van der Waals surface area contributed by atoms with E-state index in [2.05, 4.69) is 19.4 Å². The average Bonchev–Trinajstić information content (AvgIpc) is 2.52. The van der Waals surface area contributed by atoms with Gasteiger partial charge in [-0.3, -0.25) is 0 Å². The Morgan fingerprint density at radius 2 is 2.50 bits per heavy atom. The number of carbonyl (C=O) groups excluding carboxylic acids is 1. The van der Waals surface area contributed by atoms with Crippen molar-refractivity contribution in [2.24, 2.45) is 0 Å². The van der Waals surface area contributed by atoms with Crippen LogP contribution in [0.2, 0.25) is 0 Å². The lowest BCUT2D eigenvalue weighted by Gasteiger charge is -1.92. The van der Waals surface area contributed by atoms with Gasteiger partial charge < -0.3 is 9.26 Å². The van der Waals surface area contributed by atoms with Crippen LogP contribution in [0.3, 0.4) is 0 Å². The van der Waals surface area contributed by atoms with E-state index in [1.807, 2.05) is 0 Å². The highest BCUT2D eigenvalue weighted by atomic mass is 35.5. The van der Waals surface area contributed by atoms with Gasteiger partial charge in [0, 0.05) is 0 Å². The molecule has 0 amide bonds. The van der Waals surface area contributed by atoms with Crippen molar-refractivity contribution in [1.29, 1.82) is 0 Å². The van der Waals surface area contributed by atoms with Gasteiger partial charge in [-0.2, -0.15) is 4.98 Å². The molecule has 0 fully saturated rings. The van der Waals surface area contributed by atoms with Crippen LogP contribution in [-0.4, -0.2) is 22.7 Å². The SMILES string of the molecule is CCOC(=O)c1nc(CCl)no1. The molecule has 0 saturated heterocycles. The number of halogens is 1. The smallest absolute Gasteiger partial charge is 0.397 e. The molecule has 0 bridgehead atoms. The maximum Gasteiger partial charge on any atom is 0.397 e. The predicted octanol–water partition coefficient (Wildman–Crippen LogP) is 0.985. The largest absolute Gasteiger partial charge is 0.459 e. The fourth-order valence-corrected chi connectivity index (χ4v) is 0.693. The summed E-state index contributed by atoms with van der Waals surface area (Å²) >= 11 is 5.38. The van der Waals surface area contributed by atoms with E-state index in [0.29, 0.717) is 0 Å². The minimum atomic E-state index is -0.624. The summed E-state index contributed by atoms with van der Waals surface area (Å²) in [5.41, 5.74) is 0. The third-order valence-corrected chi connectivity index (χ3v) is 1.28. The fourth-order valence-electron chi connectivity index (χ4n) is 0.584. The summed E-state index contributed by atoms with van der Waals surface area (Å²) in [7, 11) is 0. The van der Waals surface area contributed by atoms with Crippen LogP contribution < -0.4 is 0 Å². The van der Waals surface area contributed by atoms with Crippen molar-refractivity contribution in [3.05, 3.63) is 11.7 Å². The van der Waals surface area contributed by atoms with Crippen molar-refractivity contribution in [2.45, 2.75) is 12.8 Å². The number of nitrogens with zero attached hydrogens (tertiary/aromatic N) is 2. The van der Waals surface area contributed by atoms with Crippen molar-refractivity contribution >= 4 is 17.6 Å². The molecule has 1 rings (SSSR count). The molecule has 0 aliphatic rings. The Bertz CT molecular complexity index is 274. The Morgan fingerprint density at radius 3 is 3.00 bits per heavy atom. The molecule has 1 heterocycles. The van der Waals surface area contributed by atoms with Crippen LogP contribution in [0.4, 0.5) is 0 Å². The highest BCUT2D eigenvalue weighted by molar-refractivity contribution is 6.16. The molecule has 66 valence electrons. The molecule has 1 aromatic rings. The zero-order chi connectivity index (χ0) is 8.97. The summed E-state index contributed by atoms with van der Waals surface area (Å²) < 4.78 is 9.16. The first-order chi connectivity index (χ1) is 5.77. The van der Waals surface area contributed by atoms with Crippen molar-refractivity contribution in [2.75, 3.05) is 6.61 Å². The molecular weight excluding hydrogens is 184 g/mol. The summed E-state index contributed by atoms with van der Waals surface area (Å²) in [6.07, 6.45) is 0. The fraction of sp³-hybridized carbons (Fsp3) is 0.500. The molecule has 0 aromatic carbocycles. The summed E-state index contributed by atoms with van der Waals surface area (Å²) in [6, 6.07) is 0. The Balaban J connectivity index is 2.68. The Hall–Kier alpha value is -1.10. The molecule has 0 aliphatic carbocycles. The Morgan fingerprint density at radius 1 is 1.75 bits per heavy atom. The first kappa shape index (κ1) is 8.99. The molecule has 0 saturated carbocycles. The second-order valence-electron chi connectivity index (χ2n) is 1.87. The molecule has 0 atom stereocenters. The summed E-state index contributed by atoms with van der Waals surface area (Å²) in [6.45, 7) is 1.97. The molecule has 5 nitrogen and oxygen atoms in total. The van der Waals surface area contributed by atoms with Gasteiger partial charge in [-0.15, -0.1) is 11.6 Å². The number of carbonyl (C=O) groups is 1. The highest BCUT2D eigenvalue weighted by Crippen LogP contribution is 2.01. The van der Waals surface area contributed by atoms with Crippen LogP contribution in [0.25, 0.3) is 0 Å². The highest BCUT2D eigenvalue weighted by Gasteiger charge is 2.14. The number of ether oxygens (including phenoxy) is 1. The van der Waals surface area contributed by atoms with Crippen LogP contribution in [0.5, 0.6) is 0 Å². The van der Waals surface area contributed by atoms with Crippen LogP contribution in [0.1, 0.15) is 23.4 Å². The third kappa shape index (κ3) is 1.94. The van der Waals surface area contributed by atoms with Crippen molar-refractivity contribution in [3.63, 3.8) is 0 Å². The van der Waals surface area contributed by atoms with Gasteiger partial charge in [0.15, 0.2) is 5.82 Å². The number of hydrogen-bond acceptors (Lipinski definition) is 5. The Labute approximate surface area is 73.7 Å². The zero-order valence-corrected chi connectivity index (χ0v) is 7.17. The van der Waals surface area contributed by atoms with E-state index >= 15 is 0 Å². The number of rotatable bonds is 3. The minimum Gasteiger partial charge on any atom is -0.459 e. The van der Waals surface area contributed by atoms with Gasteiger partial charge in [0.2, 0.25) is 0 Å². The van der Waals surface area contributed by atoms with Gasteiger partial charge in [0.05, 0.1) is 12.5 Å². The summed E-state index contributed by atoms with van der Waals surface area (Å²) in [5, 5.41) is 3.42. The van der Waals surface area contributed by atoms with Gasteiger partial charge in [-0.25, -0.2) is 4.79 Å². The monoisotopic (exact) mass is 190 g/mol. The predicted molar refractivity (Wildman–Crippen MR) is 39.8 cm³/mol. The normalized spacial score (nSPS) is 9.83. The lowest BCUT2D eigenvalue weighted by atomic mass is 10.6. The standard InChI is InChI=1S/C6H7ClN2O3/c1-2-11-6(10)5-8-4(3-7)9-12-5/h2-3H2,1H3. The second kappa shape index (κ2) is 4.06. The molecule has 0 unspecified atom stereocenters. The van der Waals surface area contributed by atoms with E-state index in [1.54, 1.807) is 6.92 Å². The van der Waals surface area contributed by atoms with Crippen LogP contribution >= 0.6 is 11.6 Å². The first-order valence-electron chi connectivity index (χ1n) is 3.33. The van der Waals surface area contributed by atoms with E-state index < -0.39 is 5.97 Å². The van der Waals surface area contributed by atoms with E-state index in [9.17, 15) is 4.79 Å². The molecule has 1 aromatic heterocycles. The quantitative estimate of drug-likeness (QED) is 0.525. The molecule has 6 heteroatoms. The molecular formula is C6H7ClN2O3. The van der Waals surface area contributed by atoms with Gasteiger partial charge in [-0.1, -0.05) is 5.16 Å². The number of alkyl halides is 1. The minimum absolute atomic E-state index is 0.114. The topological polar surface area (TPSA) is 65.2 Å². The van der Waals surface area contributed by atoms with Crippen LogP contribution in [0.15, 0.2) is 4.52 Å². The zero-order valence-electron chi connectivity index (χ0n) is 6.41. The summed E-state index contributed by atoms with van der Waals surface area (Å²) in [4.78, 5) is 14.6. The van der Waals surface area contributed by atoms with Crippen molar-refractivity contribution in [1.82, 2.24) is 10.1 Å². The number of esters is 1. The molecule has 0 N–H and O–H groups in total. The van der Waals surface area contributed by atoms with Gasteiger partial charge in [-0.05, 0) is 6.92 Å². The van der Waals surface area contributed by atoms with E-state index in [-0.39, 0.29) is 24.2 Å². The number of aromatic nitrogens is 2. The molecule has 12 heavy (non-hydrogen) atoms. The Kier molecular flexibility index (Phi) is 3.04. The van der Waals surface area contributed by atoms with Gasteiger partial charge in [0.25, 0.3) is 0 Å². The van der Waals surface area contributed by atoms with E-state index in [4.69, 9.17) is 11.6 Å². The van der Waals surface area contributed by atoms with Crippen LogP contribution in [-0.2, 0) is 10.6 Å². The second-order valence-corrected chi connectivity index (χ2v) is 2.14.